The largest absolute Gasteiger partial charge is 0.493 e. The van der Waals surface area contributed by atoms with Gasteiger partial charge in [-0.3, -0.25) is 9.59 Å². The van der Waals surface area contributed by atoms with Gasteiger partial charge in [0.25, 0.3) is 0 Å². The molecule has 0 N–H and O–H groups in total. The molecule has 0 amide bonds. The second-order valence-corrected chi connectivity index (χ2v) is 16.8. The average molecular weight is 829 g/mol. The van der Waals surface area contributed by atoms with Crippen LogP contribution in [0, 0.1) is 17.2 Å². The number of ketones is 2. The van der Waals surface area contributed by atoms with Crippen molar-refractivity contribution in [2.45, 2.75) is 111 Å². The maximum Gasteiger partial charge on any atom is 0.374 e. The first-order valence-corrected chi connectivity index (χ1v) is 20.7. The van der Waals surface area contributed by atoms with Crippen LogP contribution in [0.1, 0.15) is 104 Å². The summed E-state index contributed by atoms with van der Waals surface area (Å²) in [7, 11) is 0. The van der Waals surface area contributed by atoms with E-state index in [1.165, 1.54) is 38.5 Å². The summed E-state index contributed by atoms with van der Waals surface area (Å²) in [5.41, 5.74) is 1.40. The standard InChI is InChI=1S/C48H57FO11/c1-8-9-10-11-33-12-14-34(15-13-33)36-18-22-39(41(49)24-36)37-19-23-40(42(25-37)59-43(52)30(2)3)35-16-20-38(21-17-35)55-26-48(27-56-44(53)31(4)50,28-57-45(54)32(5)51)29-58-46-47(6,7)60-46/h16-25,33-34,46H,2,8-15,26-29H2,1,3-7H3. The van der Waals surface area contributed by atoms with Crippen molar-refractivity contribution in [3.63, 3.8) is 0 Å². The molecule has 1 aliphatic heterocycles. The molecule has 322 valence electrons. The highest BCUT2D eigenvalue weighted by molar-refractivity contribution is 6.32. The van der Waals surface area contributed by atoms with Gasteiger partial charge in [0, 0.05) is 30.5 Å². The van der Waals surface area contributed by atoms with Crippen LogP contribution in [0.5, 0.6) is 11.5 Å². The average Bonchev–Trinajstić information content (AvgIpc) is 3.85. The lowest BCUT2D eigenvalue weighted by molar-refractivity contribution is -0.167. The van der Waals surface area contributed by atoms with E-state index < -0.39 is 60.0 Å². The van der Waals surface area contributed by atoms with E-state index >= 15 is 4.39 Å². The molecule has 0 spiro atoms. The van der Waals surface area contributed by atoms with E-state index in [0.29, 0.717) is 33.9 Å². The first kappa shape index (κ1) is 45.9. The maximum absolute atomic E-state index is 15.9. The number of carbonyl (C=O) groups is 5. The lowest BCUT2D eigenvalue weighted by Gasteiger charge is -2.32. The zero-order chi connectivity index (χ0) is 43.6. The Balaban J connectivity index is 1.35. The molecule has 0 bridgehead atoms. The van der Waals surface area contributed by atoms with Gasteiger partial charge in [0.05, 0.1) is 12.0 Å². The van der Waals surface area contributed by atoms with E-state index in [-0.39, 0.29) is 30.4 Å². The van der Waals surface area contributed by atoms with Crippen molar-refractivity contribution < 1.29 is 56.8 Å². The van der Waals surface area contributed by atoms with E-state index in [0.717, 1.165) is 38.2 Å². The fourth-order valence-electron chi connectivity index (χ4n) is 7.27. The zero-order valence-corrected chi connectivity index (χ0v) is 35.6. The third kappa shape index (κ3) is 12.4. The number of hydrogen-bond acceptors (Lipinski definition) is 11. The van der Waals surface area contributed by atoms with Crippen molar-refractivity contribution in [1.29, 1.82) is 0 Å². The fourth-order valence-corrected chi connectivity index (χ4v) is 7.27. The molecule has 2 aliphatic rings. The molecule has 5 rings (SSSR count). The molecule has 1 atom stereocenters. The quantitative estimate of drug-likeness (QED) is 0.0253. The third-order valence-electron chi connectivity index (χ3n) is 11.1. The minimum Gasteiger partial charge on any atom is -0.493 e. The molecule has 0 aromatic heterocycles. The molecule has 1 heterocycles. The van der Waals surface area contributed by atoms with Crippen LogP contribution in [0.25, 0.3) is 22.3 Å². The number of epoxide rings is 1. The number of ether oxygens (including phenoxy) is 6. The number of unbranched alkanes of at least 4 members (excludes halogenated alkanes) is 2. The second-order valence-electron chi connectivity index (χ2n) is 16.8. The Labute approximate surface area is 351 Å². The zero-order valence-electron chi connectivity index (χ0n) is 35.6. The molecule has 1 unspecified atom stereocenters. The Kier molecular flexibility index (Phi) is 15.6. The summed E-state index contributed by atoms with van der Waals surface area (Å²) in [6.45, 7) is 11.9. The van der Waals surface area contributed by atoms with Crippen LogP contribution in [0.2, 0.25) is 0 Å². The first-order chi connectivity index (χ1) is 28.5. The molecule has 1 saturated carbocycles. The lowest BCUT2D eigenvalue weighted by Crippen LogP contribution is -2.45. The van der Waals surface area contributed by atoms with Gasteiger partial charge in [-0.1, -0.05) is 75.6 Å². The van der Waals surface area contributed by atoms with Crippen LogP contribution >= 0.6 is 0 Å². The molecule has 2 fully saturated rings. The van der Waals surface area contributed by atoms with E-state index in [1.54, 1.807) is 61.5 Å². The number of halogens is 1. The molecule has 60 heavy (non-hydrogen) atoms. The summed E-state index contributed by atoms with van der Waals surface area (Å²) in [5, 5.41) is 0. The number of esters is 3. The summed E-state index contributed by atoms with van der Waals surface area (Å²) in [6, 6.07) is 17.4. The van der Waals surface area contributed by atoms with Crippen LogP contribution in [-0.4, -0.2) is 67.8 Å². The Morgan fingerprint density at radius 3 is 1.92 bits per heavy atom. The van der Waals surface area contributed by atoms with Crippen molar-refractivity contribution in [3.05, 3.63) is 84.2 Å². The minimum atomic E-state index is -1.36. The predicted molar refractivity (Wildman–Crippen MR) is 223 cm³/mol. The van der Waals surface area contributed by atoms with E-state index in [2.05, 4.69) is 13.5 Å². The second kappa shape index (κ2) is 20.4. The van der Waals surface area contributed by atoms with Crippen LogP contribution < -0.4 is 9.47 Å². The lowest BCUT2D eigenvalue weighted by atomic mass is 9.77. The molecule has 3 aromatic carbocycles. The van der Waals surface area contributed by atoms with Crippen molar-refractivity contribution in [1.82, 2.24) is 0 Å². The van der Waals surface area contributed by atoms with E-state index in [4.69, 9.17) is 28.4 Å². The molecule has 3 aromatic rings. The van der Waals surface area contributed by atoms with Gasteiger partial charge in [0.2, 0.25) is 11.6 Å². The highest BCUT2D eigenvalue weighted by Gasteiger charge is 2.51. The molecule has 0 radical (unpaired) electrons. The summed E-state index contributed by atoms with van der Waals surface area (Å²) >= 11 is 0. The summed E-state index contributed by atoms with van der Waals surface area (Å²) in [6.07, 6.45) is 8.92. The highest BCUT2D eigenvalue weighted by atomic mass is 19.1. The minimum absolute atomic E-state index is 0.192. The van der Waals surface area contributed by atoms with Gasteiger partial charge in [-0.2, -0.15) is 0 Å². The number of Topliss-reactive ketones (excluding diaryl/α,β-unsaturated/α-hetero) is 2. The molecular formula is C48H57FO11. The molecule has 12 heteroatoms. The normalized spacial score (nSPS) is 18.2. The van der Waals surface area contributed by atoms with Crippen molar-refractivity contribution in [3.8, 4) is 33.8 Å². The topological polar surface area (TPSA) is 144 Å². The number of benzene rings is 3. The first-order valence-electron chi connectivity index (χ1n) is 20.7. The van der Waals surface area contributed by atoms with Crippen molar-refractivity contribution >= 4 is 29.5 Å². The van der Waals surface area contributed by atoms with Crippen LogP contribution in [0.4, 0.5) is 4.39 Å². The number of rotatable bonds is 21. The van der Waals surface area contributed by atoms with Crippen LogP contribution in [0.15, 0.2) is 72.8 Å². The van der Waals surface area contributed by atoms with Gasteiger partial charge in [0.15, 0.2) is 6.29 Å². The Bertz CT molecular complexity index is 2010. The Hall–Kier alpha value is -5.20. The number of carbonyl (C=O) groups excluding carboxylic acids is 5. The van der Waals surface area contributed by atoms with E-state index in [1.807, 2.05) is 19.9 Å². The van der Waals surface area contributed by atoms with Crippen molar-refractivity contribution in [2.24, 2.45) is 11.3 Å². The van der Waals surface area contributed by atoms with E-state index in [9.17, 15) is 24.0 Å². The molecule has 11 nitrogen and oxygen atoms in total. The fraction of sp³-hybridized carbons (Fsp3) is 0.479. The SMILES string of the molecule is C=C(C)C(=O)Oc1cc(-c2ccc(C3CCC(CCCCC)CC3)cc2F)ccc1-c1ccc(OCC(COC(=O)C(C)=O)(COC(=O)C(C)=O)COC2OC2(C)C)cc1. The van der Waals surface area contributed by atoms with Crippen LogP contribution in [0.3, 0.4) is 0 Å². The van der Waals surface area contributed by atoms with Crippen LogP contribution in [-0.2, 0) is 42.9 Å². The molecular weight excluding hydrogens is 772 g/mol. The van der Waals surface area contributed by atoms with Gasteiger partial charge in [-0.15, -0.1) is 0 Å². The van der Waals surface area contributed by atoms with Gasteiger partial charge in [-0.25, -0.2) is 18.8 Å². The smallest absolute Gasteiger partial charge is 0.374 e. The van der Waals surface area contributed by atoms with Gasteiger partial charge >= 0.3 is 17.9 Å². The summed E-state index contributed by atoms with van der Waals surface area (Å²) in [4.78, 5) is 60.6. The van der Waals surface area contributed by atoms with Gasteiger partial charge < -0.3 is 28.4 Å². The summed E-state index contributed by atoms with van der Waals surface area (Å²) in [5.74, 6) is -3.21. The predicted octanol–water partition coefficient (Wildman–Crippen LogP) is 9.28. The monoisotopic (exact) mass is 828 g/mol. The molecule has 1 saturated heterocycles. The van der Waals surface area contributed by atoms with Gasteiger partial charge in [0.1, 0.15) is 42.7 Å². The van der Waals surface area contributed by atoms with Gasteiger partial charge in [-0.05, 0) is 99.2 Å². The highest BCUT2D eigenvalue weighted by Crippen LogP contribution is 2.41. The number of hydrogen-bond donors (Lipinski definition) is 0. The van der Waals surface area contributed by atoms with Crippen molar-refractivity contribution in [2.75, 3.05) is 26.4 Å². The Morgan fingerprint density at radius 1 is 0.767 bits per heavy atom. The third-order valence-corrected chi connectivity index (χ3v) is 11.1. The maximum atomic E-state index is 15.9. The summed E-state index contributed by atoms with van der Waals surface area (Å²) < 4.78 is 49.8. The Morgan fingerprint density at radius 2 is 1.37 bits per heavy atom. The molecule has 1 aliphatic carbocycles.